The molecule has 134 valence electrons. The molecule has 0 bridgehead atoms. The van der Waals surface area contributed by atoms with Crippen molar-refractivity contribution in [3.63, 3.8) is 0 Å². The van der Waals surface area contributed by atoms with Gasteiger partial charge in [0.05, 0.1) is 5.69 Å². The van der Waals surface area contributed by atoms with Gasteiger partial charge in [-0.15, -0.1) is 11.8 Å². The van der Waals surface area contributed by atoms with Crippen LogP contribution in [0.3, 0.4) is 0 Å². The van der Waals surface area contributed by atoms with E-state index in [2.05, 4.69) is 83.7 Å². The summed E-state index contributed by atoms with van der Waals surface area (Å²) >= 11 is 1.91. The Bertz CT molecular complexity index is 990. The number of benzene rings is 3. The summed E-state index contributed by atoms with van der Waals surface area (Å²) in [4.78, 5) is 9.63. The van der Waals surface area contributed by atoms with E-state index in [-0.39, 0.29) is 0 Å². The fraction of sp³-hybridized carbons (Fsp3) is 0.174. The molecule has 0 amide bonds. The first-order valence-electron chi connectivity index (χ1n) is 9.17. The molecule has 0 fully saturated rings. The van der Waals surface area contributed by atoms with E-state index in [0.29, 0.717) is 5.25 Å². The lowest BCUT2D eigenvalue weighted by Gasteiger charge is -2.34. The topological polar surface area (TPSA) is 24.8 Å². The Kier molecular flexibility index (Phi) is 3.94. The highest BCUT2D eigenvalue weighted by molar-refractivity contribution is 7.99. The fourth-order valence-corrected chi connectivity index (χ4v) is 5.28. The minimum Gasteiger partial charge on any atom is -0.365 e. The smallest absolute Gasteiger partial charge is 0.214 e. The van der Waals surface area contributed by atoms with Crippen LogP contribution in [-0.2, 0) is 4.84 Å². The van der Waals surface area contributed by atoms with Crippen molar-refractivity contribution in [1.82, 2.24) is 0 Å². The first kappa shape index (κ1) is 16.5. The lowest BCUT2D eigenvalue weighted by molar-refractivity contribution is -0.00816. The van der Waals surface area contributed by atoms with Gasteiger partial charge in [-0.05, 0) is 24.6 Å². The van der Waals surface area contributed by atoms with Gasteiger partial charge in [0.15, 0.2) is 5.84 Å². The first-order chi connectivity index (χ1) is 13.2. The molecule has 4 heteroatoms. The zero-order chi connectivity index (χ0) is 18.3. The molecule has 3 aromatic carbocycles. The summed E-state index contributed by atoms with van der Waals surface area (Å²) in [7, 11) is 0. The molecule has 0 unspecified atom stereocenters. The van der Waals surface area contributed by atoms with Crippen LogP contribution in [0.4, 0.5) is 5.69 Å². The highest BCUT2D eigenvalue weighted by Gasteiger charge is 2.48. The average Bonchev–Trinajstić information content (AvgIpc) is 2.99. The van der Waals surface area contributed by atoms with Crippen LogP contribution in [0.15, 0.2) is 95.0 Å². The van der Waals surface area contributed by atoms with Crippen LogP contribution in [0.1, 0.15) is 29.7 Å². The van der Waals surface area contributed by atoms with Crippen molar-refractivity contribution in [2.45, 2.75) is 29.2 Å². The van der Waals surface area contributed by atoms with E-state index >= 15 is 0 Å². The number of hydrogen-bond donors (Lipinski definition) is 0. The van der Waals surface area contributed by atoms with E-state index in [4.69, 9.17) is 4.84 Å². The SMILES string of the molecule is C[C@]12C[C@@H](c3ccccc3)Sc3ccccc3N1C(c1ccccc1)=NO2. The molecular weight excluding hydrogens is 352 g/mol. The minimum atomic E-state index is -0.523. The molecule has 0 spiro atoms. The average molecular weight is 372 g/mol. The molecule has 0 aromatic heterocycles. The van der Waals surface area contributed by atoms with Gasteiger partial charge in [0.25, 0.3) is 0 Å². The number of fused-ring (bicyclic) bond motifs is 3. The second-order valence-electron chi connectivity index (χ2n) is 7.07. The first-order valence-corrected chi connectivity index (χ1v) is 10.0. The summed E-state index contributed by atoms with van der Waals surface area (Å²) in [5, 5.41) is 4.82. The Morgan fingerprint density at radius 2 is 1.59 bits per heavy atom. The van der Waals surface area contributed by atoms with Gasteiger partial charge >= 0.3 is 0 Å². The maximum atomic E-state index is 6.10. The molecule has 2 aliphatic heterocycles. The molecular formula is C23H20N2OS. The monoisotopic (exact) mass is 372 g/mol. The van der Waals surface area contributed by atoms with Gasteiger partial charge in [-0.25, -0.2) is 0 Å². The molecule has 2 heterocycles. The molecule has 3 aromatic rings. The predicted octanol–water partition coefficient (Wildman–Crippen LogP) is 5.84. The summed E-state index contributed by atoms with van der Waals surface area (Å²) in [6, 6.07) is 29.5. The molecule has 0 saturated heterocycles. The molecule has 0 radical (unpaired) electrons. The van der Waals surface area contributed by atoms with E-state index in [1.54, 1.807) is 0 Å². The van der Waals surface area contributed by atoms with Gasteiger partial charge in [-0.3, -0.25) is 4.90 Å². The Morgan fingerprint density at radius 3 is 2.37 bits per heavy atom. The quantitative estimate of drug-likeness (QED) is 0.565. The molecule has 0 aliphatic carbocycles. The molecule has 5 rings (SSSR count). The van der Waals surface area contributed by atoms with E-state index in [1.165, 1.54) is 10.5 Å². The number of nitrogens with zero attached hydrogens (tertiary/aromatic N) is 2. The summed E-state index contributed by atoms with van der Waals surface area (Å²) in [6.07, 6.45) is 0.843. The zero-order valence-electron chi connectivity index (χ0n) is 15.1. The van der Waals surface area contributed by atoms with Gasteiger partial charge in [0, 0.05) is 22.1 Å². The number of thioether (sulfide) groups is 1. The molecule has 0 N–H and O–H groups in total. The van der Waals surface area contributed by atoms with Crippen LogP contribution < -0.4 is 4.90 Å². The second kappa shape index (κ2) is 6.46. The van der Waals surface area contributed by atoms with E-state index in [9.17, 15) is 0 Å². The minimum absolute atomic E-state index is 0.299. The molecule has 3 nitrogen and oxygen atoms in total. The number of amidine groups is 1. The normalized spacial score (nSPS) is 23.7. The maximum Gasteiger partial charge on any atom is 0.214 e. The lowest BCUT2D eigenvalue weighted by atomic mass is 10.00. The predicted molar refractivity (Wildman–Crippen MR) is 111 cm³/mol. The third kappa shape index (κ3) is 2.81. The van der Waals surface area contributed by atoms with Crippen LogP contribution in [0, 0.1) is 0 Å². The molecule has 27 heavy (non-hydrogen) atoms. The number of oxime groups is 1. The van der Waals surface area contributed by atoms with E-state index in [1.807, 2.05) is 30.0 Å². The van der Waals surface area contributed by atoms with Crippen LogP contribution >= 0.6 is 11.8 Å². The van der Waals surface area contributed by atoms with Crippen LogP contribution in [-0.4, -0.2) is 11.6 Å². The summed E-state index contributed by atoms with van der Waals surface area (Å²) < 4.78 is 0. The fourth-order valence-electron chi connectivity index (χ4n) is 3.85. The molecule has 2 aliphatic rings. The van der Waals surface area contributed by atoms with Crippen molar-refractivity contribution in [2.75, 3.05) is 4.90 Å². The number of anilines is 1. The maximum absolute atomic E-state index is 6.10. The third-order valence-electron chi connectivity index (χ3n) is 5.16. The van der Waals surface area contributed by atoms with Crippen molar-refractivity contribution < 1.29 is 4.84 Å². The van der Waals surface area contributed by atoms with Gasteiger partial charge in [-0.1, -0.05) is 78.0 Å². The highest BCUT2D eigenvalue weighted by atomic mass is 32.2. The highest BCUT2D eigenvalue weighted by Crippen LogP contribution is 2.52. The van der Waals surface area contributed by atoms with Crippen LogP contribution in [0.25, 0.3) is 0 Å². The Morgan fingerprint density at radius 1 is 0.926 bits per heavy atom. The van der Waals surface area contributed by atoms with Gasteiger partial charge < -0.3 is 4.84 Å². The number of para-hydroxylation sites is 1. The molecule has 0 saturated carbocycles. The van der Waals surface area contributed by atoms with Gasteiger partial charge in [0.1, 0.15) is 0 Å². The standard InChI is InChI=1S/C23H20N2OS/c1-23-16-21(17-10-4-2-5-11-17)27-20-15-9-8-14-19(20)25(23)22(24-26-23)18-12-6-3-7-13-18/h2-15,21H,16H2,1H3/t21-,23-/m0/s1. The third-order valence-corrected chi connectivity index (χ3v) is 6.48. The van der Waals surface area contributed by atoms with Crippen molar-refractivity contribution in [3.8, 4) is 0 Å². The zero-order valence-corrected chi connectivity index (χ0v) is 15.9. The summed E-state index contributed by atoms with van der Waals surface area (Å²) in [6.45, 7) is 2.14. The van der Waals surface area contributed by atoms with Crippen LogP contribution in [0.2, 0.25) is 0 Å². The van der Waals surface area contributed by atoms with Crippen molar-refractivity contribution in [1.29, 1.82) is 0 Å². The van der Waals surface area contributed by atoms with Crippen molar-refractivity contribution >= 4 is 23.3 Å². The Labute approximate surface area is 163 Å². The van der Waals surface area contributed by atoms with Crippen LogP contribution in [0.5, 0.6) is 0 Å². The second-order valence-corrected chi connectivity index (χ2v) is 8.32. The lowest BCUT2D eigenvalue weighted by Crippen LogP contribution is -2.47. The Balaban J connectivity index is 1.63. The number of rotatable bonds is 2. The van der Waals surface area contributed by atoms with Crippen molar-refractivity contribution in [3.05, 3.63) is 96.1 Å². The van der Waals surface area contributed by atoms with Crippen molar-refractivity contribution in [2.24, 2.45) is 5.16 Å². The van der Waals surface area contributed by atoms with E-state index < -0.39 is 5.72 Å². The van der Waals surface area contributed by atoms with Gasteiger partial charge in [-0.2, -0.15) is 0 Å². The van der Waals surface area contributed by atoms with E-state index in [0.717, 1.165) is 23.5 Å². The summed E-state index contributed by atoms with van der Waals surface area (Å²) in [5.41, 5.74) is 3.02. The number of hydrogen-bond acceptors (Lipinski definition) is 4. The largest absolute Gasteiger partial charge is 0.365 e. The Hall–Kier alpha value is -2.72. The van der Waals surface area contributed by atoms with Gasteiger partial charge in [0.2, 0.25) is 5.72 Å². The summed E-state index contributed by atoms with van der Waals surface area (Å²) in [5.74, 6) is 0.875. The molecule has 2 atom stereocenters.